The third-order valence-electron chi connectivity index (χ3n) is 3.56. The third-order valence-corrected chi connectivity index (χ3v) is 3.56. The van der Waals surface area contributed by atoms with Crippen LogP contribution in [-0.4, -0.2) is 14.7 Å². The summed E-state index contributed by atoms with van der Waals surface area (Å²) in [6, 6.07) is 11.8. The standard InChI is InChI=1S/C16H16N2O/c1-10-7-8-12(9-14(10)19)16-17-13-6-4-5-11(2)15(13)18(16)3/h4-9,19H,1-3H3. The minimum absolute atomic E-state index is 0.307. The number of aromatic hydroxyl groups is 1. The van der Waals surface area contributed by atoms with Crippen molar-refractivity contribution in [2.24, 2.45) is 7.05 Å². The van der Waals surface area contributed by atoms with Gasteiger partial charge in [-0.15, -0.1) is 0 Å². The highest BCUT2D eigenvalue weighted by atomic mass is 16.3. The molecule has 0 atom stereocenters. The number of nitrogens with zero attached hydrogens (tertiary/aromatic N) is 2. The molecule has 19 heavy (non-hydrogen) atoms. The minimum Gasteiger partial charge on any atom is -0.508 e. The van der Waals surface area contributed by atoms with Crippen LogP contribution in [0, 0.1) is 13.8 Å². The fraction of sp³-hybridized carbons (Fsp3) is 0.188. The molecule has 0 amide bonds. The highest BCUT2D eigenvalue weighted by Crippen LogP contribution is 2.28. The van der Waals surface area contributed by atoms with Gasteiger partial charge in [0, 0.05) is 12.6 Å². The van der Waals surface area contributed by atoms with E-state index < -0.39 is 0 Å². The Morgan fingerprint density at radius 1 is 1.05 bits per heavy atom. The van der Waals surface area contributed by atoms with Crippen molar-refractivity contribution in [1.29, 1.82) is 0 Å². The molecule has 0 fully saturated rings. The van der Waals surface area contributed by atoms with Crippen molar-refractivity contribution in [3.8, 4) is 17.1 Å². The van der Waals surface area contributed by atoms with E-state index in [1.807, 2.05) is 38.2 Å². The van der Waals surface area contributed by atoms with E-state index in [1.54, 1.807) is 6.07 Å². The summed E-state index contributed by atoms with van der Waals surface area (Å²) in [6.07, 6.45) is 0. The number of rotatable bonds is 1. The smallest absolute Gasteiger partial charge is 0.141 e. The summed E-state index contributed by atoms with van der Waals surface area (Å²) in [6.45, 7) is 3.97. The molecule has 0 aliphatic rings. The van der Waals surface area contributed by atoms with Crippen LogP contribution >= 0.6 is 0 Å². The Kier molecular flexibility index (Phi) is 2.56. The summed E-state index contributed by atoms with van der Waals surface area (Å²) in [5.74, 6) is 1.18. The van der Waals surface area contributed by atoms with Gasteiger partial charge in [-0.3, -0.25) is 0 Å². The van der Waals surface area contributed by atoms with Gasteiger partial charge in [-0.2, -0.15) is 0 Å². The predicted molar refractivity (Wildman–Crippen MR) is 77.3 cm³/mol. The number of hydrogen-bond donors (Lipinski definition) is 1. The van der Waals surface area contributed by atoms with Gasteiger partial charge in [0.1, 0.15) is 11.6 Å². The molecule has 0 unspecified atom stereocenters. The average molecular weight is 252 g/mol. The van der Waals surface area contributed by atoms with Crippen LogP contribution < -0.4 is 0 Å². The van der Waals surface area contributed by atoms with Gasteiger partial charge in [0.25, 0.3) is 0 Å². The van der Waals surface area contributed by atoms with Gasteiger partial charge < -0.3 is 9.67 Å². The van der Waals surface area contributed by atoms with Crippen molar-refractivity contribution in [1.82, 2.24) is 9.55 Å². The molecule has 0 spiro atoms. The number of benzene rings is 2. The van der Waals surface area contributed by atoms with Crippen LogP contribution in [0.25, 0.3) is 22.4 Å². The van der Waals surface area contributed by atoms with Crippen LogP contribution in [0.1, 0.15) is 11.1 Å². The largest absolute Gasteiger partial charge is 0.508 e. The van der Waals surface area contributed by atoms with Crippen LogP contribution in [0.4, 0.5) is 0 Å². The molecule has 2 aromatic carbocycles. The maximum absolute atomic E-state index is 9.84. The van der Waals surface area contributed by atoms with E-state index in [2.05, 4.69) is 22.5 Å². The number of phenolic OH excluding ortho intramolecular Hbond substituents is 1. The average Bonchev–Trinajstić information content (AvgIpc) is 2.72. The van der Waals surface area contributed by atoms with Gasteiger partial charge in [0.2, 0.25) is 0 Å². The van der Waals surface area contributed by atoms with Crippen LogP contribution in [0.5, 0.6) is 5.75 Å². The van der Waals surface area contributed by atoms with Crippen molar-refractivity contribution >= 4 is 11.0 Å². The van der Waals surface area contributed by atoms with Gasteiger partial charge in [0.05, 0.1) is 11.0 Å². The van der Waals surface area contributed by atoms with Crippen LogP contribution in [0.15, 0.2) is 36.4 Å². The number of aryl methyl sites for hydroxylation is 3. The number of fused-ring (bicyclic) bond motifs is 1. The summed E-state index contributed by atoms with van der Waals surface area (Å²) in [7, 11) is 2.01. The van der Waals surface area contributed by atoms with E-state index in [4.69, 9.17) is 0 Å². The van der Waals surface area contributed by atoms with Gasteiger partial charge in [-0.25, -0.2) is 4.98 Å². The molecule has 0 aliphatic carbocycles. The lowest BCUT2D eigenvalue weighted by Crippen LogP contribution is -1.93. The Balaban J connectivity index is 2.28. The van der Waals surface area contributed by atoms with Crippen molar-refractivity contribution in [3.63, 3.8) is 0 Å². The Bertz CT molecular complexity index is 772. The monoisotopic (exact) mass is 252 g/mol. The highest BCUT2D eigenvalue weighted by Gasteiger charge is 2.12. The lowest BCUT2D eigenvalue weighted by Gasteiger charge is -2.05. The zero-order chi connectivity index (χ0) is 13.6. The fourth-order valence-electron chi connectivity index (χ4n) is 2.47. The number of imidazole rings is 1. The van der Waals surface area contributed by atoms with Gasteiger partial charge in [-0.1, -0.05) is 24.3 Å². The summed E-state index contributed by atoms with van der Waals surface area (Å²) < 4.78 is 2.08. The summed E-state index contributed by atoms with van der Waals surface area (Å²) in [5.41, 5.74) is 5.13. The molecule has 1 N–H and O–H groups in total. The first-order chi connectivity index (χ1) is 9.08. The van der Waals surface area contributed by atoms with E-state index in [9.17, 15) is 5.11 Å². The molecule has 0 aliphatic heterocycles. The normalized spacial score (nSPS) is 11.1. The number of phenols is 1. The molecule has 3 heteroatoms. The number of para-hydroxylation sites is 1. The topological polar surface area (TPSA) is 38.0 Å². The quantitative estimate of drug-likeness (QED) is 0.719. The zero-order valence-corrected chi connectivity index (χ0v) is 11.3. The molecule has 3 rings (SSSR count). The minimum atomic E-state index is 0.307. The molecule has 96 valence electrons. The van der Waals surface area contributed by atoms with Crippen molar-refractivity contribution in [2.75, 3.05) is 0 Å². The van der Waals surface area contributed by atoms with E-state index in [0.29, 0.717) is 5.75 Å². The molecular weight excluding hydrogens is 236 g/mol. The second-order valence-electron chi connectivity index (χ2n) is 4.94. The molecule has 0 saturated heterocycles. The van der Waals surface area contributed by atoms with Crippen LogP contribution in [0.3, 0.4) is 0 Å². The van der Waals surface area contributed by atoms with E-state index >= 15 is 0 Å². The molecule has 0 saturated carbocycles. The second kappa shape index (κ2) is 4.12. The molecule has 0 radical (unpaired) electrons. The van der Waals surface area contributed by atoms with E-state index in [0.717, 1.165) is 28.0 Å². The predicted octanol–water partition coefficient (Wildman–Crippen LogP) is 3.56. The Hall–Kier alpha value is -2.29. The fourth-order valence-corrected chi connectivity index (χ4v) is 2.47. The Labute approximate surface area is 112 Å². The Morgan fingerprint density at radius 3 is 2.53 bits per heavy atom. The van der Waals surface area contributed by atoms with Crippen molar-refractivity contribution in [3.05, 3.63) is 47.5 Å². The summed E-state index contributed by atoms with van der Waals surface area (Å²) >= 11 is 0. The van der Waals surface area contributed by atoms with Crippen LogP contribution in [0.2, 0.25) is 0 Å². The lowest BCUT2D eigenvalue weighted by molar-refractivity contribution is 0.471. The second-order valence-corrected chi connectivity index (χ2v) is 4.94. The van der Waals surface area contributed by atoms with Gasteiger partial charge in [-0.05, 0) is 37.1 Å². The lowest BCUT2D eigenvalue weighted by atomic mass is 10.1. The SMILES string of the molecule is Cc1ccc(-c2nc3cccc(C)c3n2C)cc1O. The van der Waals surface area contributed by atoms with E-state index in [-0.39, 0.29) is 0 Å². The molecule has 3 nitrogen and oxygen atoms in total. The van der Waals surface area contributed by atoms with E-state index in [1.165, 1.54) is 5.56 Å². The third kappa shape index (κ3) is 1.78. The van der Waals surface area contributed by atoms with Gasteiger partial charge in [0.15, 0.2) is 0 Å². The molecule has 1 aromatic heterocycles. The van der Waals surface area contributed by atoms with Crippen LogP contribution in [-0.2, 0) is 7.05 Å². The molecule has 1 heterocycles. The van der Waals surface area contributed by atoms with Gasteiger partial charge >= 0.3 is 0 Å². The summed E-state index contributed by atoms with van der Waals surface area (Å²) in [4.78, 5) is 4.67. The van der Waals surface area contributed by atoms with Crippen molar-refractivity contribution in [2.45, 2.75) is 13.8 Å². The highest BCUT2D eigenvalue weighted by molar-refractivity contribution is 5.83. The Morgan fingerprint density at radius 2 is 1.84 bits per heavy atom. The number of hydrogen-bond acceptors (Lipinski definition) is 2. The first-order valence-corrected chi connectivity index (χ1v) is 6.30. The maximum Gasteiger partial charge on any atom is 0.141 e. The molecule has 0 bridgehead atoms. The maximum atomic E-state index is 9.84. The van der Waals surface area contributed by atoms with Crippen molar-refractivity contribution < 1.29 is 5.11 Å². The first kappa shape index (κ1) is 11.8. The first-order valence-electron chi connectivity index (χ1n) is 6.30. The summed E-state index contributed by atoms with van der Waals surface area (Å²) in [5, 5.41) is 9.84. The molecule has 3 aromatic rings. The zero-order valence-electron chi connectivity index (χ0n) is 11.3. The molecular formula is C16H16N2O. The number of aromatic nitrogens is 2.